The molecule has 0 aromatic rings. The minimum atomic E-state index is -0.485. The zero-order chi connectivity index (χ0) is 10.8. The number of nitrogens with one attached hydrogen (secondary N) is 1. The first kappa shape index (κ1) is 11.9. The SMILES string of the molecule is CNC1(C(=O)OC)CSCC(C)(C)C1. The van der Waals surface area contributed by atoms with Gasteiger partial charge >= 0.3 is 5.97 Å². The molecular weight excluding hydrogens is 198 g/mol. The molecule has 1 atom stereocenters. The minimum absolute atomic E-state index is 0.139. The predicted molar refractivity (Wildman–Crippen MR) is 59.5 cm³/mol. The van der Waals surface area contributed by atoms with Crippen LogP contribution in [0.1, 0.15) is 20.3 Å². The second kappa shape index (κ2) is 4.11. The van der Waals surface area contributed by atoms with Gasteiger partial charge in [-0.1, -0.05) is 13.8 Å². The maximum Gasteiger partial charge on any atom is 0.326 e. The third-order valence-corrected chi connectivity index (χ3v) is 4.36. The number of hydrogen-bond donors (Lipinski definition) is 1. The van der Waals surface area contributed by atoms with E-state index in [9.17, 15) is 4.79 Å². The number of ether oxygens (including phenoxy) is 1. The van der Waals surface area contributed by atoms with Gasteiger partial charge in [0, 0.05) is 5.75 Å². The van der Waals surface area contributed by atoms with Crippen molar-refractivity contribution >= 4 is 17.7 Å². The smallest absolute Gasteiger partial charge is 0.326 e. The average molecular weight is 217 g/mol. The van der Waals surface area contributed by atoms with Gasteiger partial charge in [0.05, 0.1) is 7.11 Å². The van der Waals surface area contributed by atoms with Crippen molar-refractivity contribution in [2.75, 3.05) is 25.7 Å². The van der Waals surface area contributed by atoms with Crippen LogP contribution in [0.15, 0.2) is 0 Å². The molecule has 0 radical (unpaired) electrons. The fourth-order valence-electron chi connectivity index (χ4n) is 2.01. The van der Waals surface area contributed by atoms with Crippen molar-refractivity contribution < 1.29 is 9.53 Å². The van der Waals surface area contributed by atoms with E-state index in [1.807, 2.05) is 18.8 Å². The van der Waals surface area contributed by atoms with Crippen LogP contribution in [0.3, 0.4) is 0 Å². The molecule has 3 nitrogen and oxygen atoms in total. The number of esters is 1. The second-order valence-corrected chi connectivity index (χ2v) is 5.64. The highest BCUT2D eigenvalue weighted by Crippen LogP contribution is 2.39. The largest absolute Gasteiger partial charge is 0.468 e. The van der Waals surface area contributed by atoms with E-state index in [1.54, 1.807) is 0 Å². The van der Waals surface area contributed by atoms with E-state index in [1.165, 1.54) is 7.11 Å². The molecule has 0 spiro atoms. The van der Waals surface area contributed by atoms with Gasteiger partial charge in [0.15, 0.2) is 0 Å². The van der Waals surface area contributed by atoms with Crippen LogP contribution in [0.25, 0.3) is 0 Å². The Morgan fingerprint density at radius 1 is 1.43 bits per heavy atom. The van der Waals surface area contributed by atoms with Crippen LogP contribution in [0, 0.1) is 5.41 Å². The number of carbonyl (C=O) groups excluding carboxylic acids is 1. The second-order valence-electron chi connectivity index (χ2n) is 4.66. The lowest BCUT2D eigenvalue weighted by Gasteiger charge is -2.42. The highest BCUT2D eigenvalue weighted by atomic mass is 32.2. The molecule has 1 saturated heterocycles. The van der Waals surface area contributed by atoms with Crippen molar-refractivity contribution in [3.05, 3.63) is 0 Å². The maximum atomic E-state index is 11.7. The highest BCUT2D eigenvalue weighted by Gasteiger charge is 2.45. The Hall–Kier alpha value is -0.220. The molecule has 0 aromatic carbocycles. The zero-order valence-electron chi connectivity index (χ0n) is 9.35. The van der Waals surface area contributed by atoms with E-state index < -0.39 is 5.54 Å². The van der Waals surface area contributed by atoms with Crippen LogP contribution in [-0.4, -0.2) is 37.2 Å². The van der Waals surface area contributed by atoms with Gasteiger partial charge in [-0.2, -0.15) is 11.8 Å². The lowest BCUT2D eigenvalue weighted by Crippen LogP contribution is -2.58. The zero-order valence-corrected chi connectivity index (χ0v) is 10.2. The van der Waals surface area contributed by atoms with Crippen LogP contribution >= 0.6 is 11.8 Å². The van der Waals surface area contributed by atoms with E-state index in [0.717, 1.165) is 17.9 Å². The van der Waals surface area contributed by atoms with Gasteiger partial charge in [0.1, 0.15) is 5.54 Å². The first-order valence-electron chi connectivity index (χ1n) is 4.81. The highest BCUT2D eigenvalue weighted by molar-refractivity contribution is 7.99. The van der Waals surface area contributed by atoms with Crippen LogP contribution in [0.2, 0.25) is 0 Å². The van der Waals surface area contributed by atoms with E-state index in [-0.39, 0.29) is 11.4 Å². The fraction of sp³-hybridized carbons (Fsp3) is 0.900. The molecular formula is C10H19NO2S. The summed E-state index contributed by atoms with van der Waals surface area (Å²) in [7, 11) is 3.28. The minimum Gasteiger partial charge on any atom is -0.468 e. The van der Waals surface area contributed by atoms with Crippen molar-refractivity contribution in [1.29, 1.82) is 0 Å². The lowest BCUT2D eigenvalue weighted by molar-refractivity contribution is -0.148. The third-order valence-electron chi connectivity index (χ3n) is 2.68. The van der Waals surface area contributed by atoms with Gasteiger partial charge in [0.25, 0.3) is 0 Å². The van der Waals surface area contributed by atoms with Crippen molar-refractivity contribution in [2.45, 2.75) is 25.8 Å². The Bertz CT molecular complexity index is 230. The number of rotatable bonds is 2. The average Bonchev–Trinajstić information content (AvgIpc) is 2.14. The van der Waals surface area contributed by atoms with Crippen molar-refractivity contribution in [3.63, 3.8) is 0 Å². The molecule has 14 heavy (non-hydrogen) atoms. The van der Waals surface area contributed by atoms with Crippen LogP contribution in [0.5, 0.6) is 0 Å². The van der Waals surface area contributed by atoms with Gasteiger partial charge in [-0.15, -0.1) is 0 Å². The molecule has 0 bridgehead atoms. The first-order chi connectivity index (χ1) is 6.46. The topological polar surface area (TPSA) is 38.3 Å². The summed E-state index contributed by atoms with van der Waals surface area (Å²) in [5, 5.41) is 3.13. The Labute approximate surface area is 90.0 Å². The predicted octanol–water partition coefficient (Wildman–Crippen LogP) is 1.28. The summed E-state index contributed by atoms with van der Waals surface area (Å²) in [5.74, 6) is 1.77. The number of likely N-dealkylation sites (N-methyl/N-ethyl adjacent to an activating group) is 1. The number of methoxy groups -OCH3 is 1. The third kappa shape index (κ3) is 2.23. The quantitative estimate of drug-likeness (QED) is 0.707. The molecule has 1 fully saturated rings. The monoisotopic (exact) mass is 217 g/mol. The Morgan fingerprint density at radius 3 is 2.50 bits per heavy atom. The molecule has 1 rings (SSSR count). The molecule has 1 unspecified atom stereocenters. The van der Waals surface area contributed by atoms with Crippen molar-refractivity contribution in [2.24, 2.45) is 5.41 Å². The van der Waals surface area contributed by atoms with Crippen LogP contribution in [0.4, 0.5) is 0 Å². The first-order valence-corrected chi connectivity index (χ1v) is 5.96. The molecule has 0 aromatic heterocycles. The summed E-state index contributed by atoms with van der Waals surface area (Å²) in [4.78, 5) is 11.7. The molecule has 1 N–H and O–H groups in total. The van der Waals surface area contributed by atoms with Gasteiger partial charge in [-0.3, -0.25) is 4.79 Å². The Balaban J connectivity index is 2.83. The van der Waals surface area contributed by atoms with E-state index in [0.29, 0.717) is 0 Å². The summed E-state index contributed by atoms with van der Waals surface area (Å²) in [6.45, 7) is 4.38. The number of thioether (sulfide) groups is 1. The van der Waals surface area contributed by atoms with Gasteiger partial charge in [-0.05, 0) is 24.6 Å². The summed E-state index contributed by atoms with van der Waals surface area (Å²) in [6, 6.07) is 0. The van der Waals surface area contributed by atoms with Gasteiger partial charge in [-0.25, -0.2) is 0 Å². The van der Waals surface area contributed by atoms with E-state index >= 15 is 0 Å². The molecule has 82 valence electrons. The normalized spacial score (nSPS) is 31.1. The molecule has 0 saturated carbocycles. The van der Waals surface area contributed by atoms with Crippen molar-refractivity contribution in [3.8, 4) is 0 Å². The molecule has 1 aliphatic rings. The maximum absolute atomic E-state index is 11.7. The number of hydrogen-bond acceptors (Lipinski definition) is 4. The van der Waals surface area contributed by atoms with Crippen LogP contribution < -0.4 is 5.32 Å². The Kier molecular flexibility index (Phi) is 3.48. The Morgan fingerprint density at radius 2 is 2.07 bits per heavy atom. The summed E-state index contributed by atoms with van der Waals surface area (Å²) >= 11 is 1.81. The summed E-state index contributed by atoms with van der Waals surface area (Å²) < 4.78 is 4.86. The fourth-order valence-corrected chi connectivity index (χ4v) is 3.48. The standard InChI is InChI=1S/C10H19NO2S/c1-9(2)5-10(11-3,7-14-6-9)8(12)13-4/h11H,5-7H2,1-4H3. The molecule has 0 amide bonds. The molecule has 1 aliphatic heterocycles. The van der Waals surface area contributed by atoms with Gasteiger partial charge in [0.2, 0.25) is 0 Å². The van der Waals surface area contributed by atoms with Crippen molar-refractivity contribution in [1.82, 2.24) is 5.32 Å². The van der Waals surface area contributed by atoms with Gasteiger partial charge < -0.3 is 10.1 Å². The van der Waals surface area contributed by atoms with E-state index in [4.69, 9.17) is 4.74 Å². The molecule has 1 heterocycles. The lowest BCUT2D eigenvalue weighted by atomic mass is 9.80. The van der Waals surface area contributed by atoms with E-state index in [2.05, 4.69) is 19.2 Å². The van der Waals surface area contributed by atoms with Crippen LogP contribution in [-0.2, 0) is 9.53 Å². The molecule has 0 aliphatic carbocycles. The summed E-state index contributed by atoms with van der Waals surface area (Å²) in [5.41, 5.74) is -0.290. The summed E-state index contributed by atoms with van der Waals surface area (Å²) in [6.07, 6.45) is 0.843. The number of carbonyl (C=O) groups is 1. The molecule has 4 heteroatoms.